The summed E-state index contributed by atoms with van der Waals surface area (Å²) in [6, 6.07) is 6.26. The second-order valence-electron chi connectivity index (χ2n) is 7.48. The largest absolute Gasteiger partial charge is 0.493 e. The number of thioether (sulfide) groups is 1. The molecule has 7 nitrogen and oxygen atoms in total. The third kappa shape index (κ3) is 5.43. The molecular weight excluding hydrogens is 388 g/mol. The number of rotatable bonds is 8. The molecule has 0 amide bonds. The zero-order valence-electron chi connectivity index (χ0n) is 17.4. The van der Waals surface area contributed by atoms with Crippen LogP contribution in [0.4, 0.5) is 0 Å². The van der Waals surface area contributed by atoms with Gasteiger partial charge in [0.25, 0.3) is 0 Å². The standard InChI is InChI=1S/C21H30N4O3S/c1-24-6-8-25(9-7-24)13-16(26)14-29-20(12-22)21-17-11-19(28-3)18(27-2)10-15(17)4-5-23-21/h10-11,16,20,26H,4-9,13-14H2,1-3H3. The van der Waals surface area contributed by atoms with Gasteiger partial charge >= 0.3 is 0 Å². The molecule has 8 heteroatoms. The summed E-state index contributed by atoms with van der Waals surface area (Å²) in [6.45, 7) is 5.30. The first kappa shape index (κ1) is 21.9. The number of aliphatic hydroxyl groups excluding tert-OH is 1. The maximum absolute atomic E-state index is 10.5. The number of fused-ring (bicyclic) bond motifs is 1. The van der Waals surface area contributed by atoms with Gasteiger partial charge in [0.15, 0.2) is 11.5 Å². The zero-order valence-corrected chi connectivity index (χ0v) is 18.2. The van der Waals surface area contributed by atoms with E-state index >= 15 is 0 Å². The smallest absolute Gasteiger partial charge is 0.161 e. The molecule has 158 valence electrons. The lowest BCUT2D eigenvalue weighted by atomic mass is 9.95. The van der Waals surface area contributed by atoms with Crippen molar-refractivity contribution in [1.29, 1.82) is 5.26 Å². The number of hydrogen-bond donors (Lipinski definition) is 1. The average Bonchev–Trinajstić information content (AvgIpc) is 2.74. The van der Waals surface area contributed by atoms with Crippen LogP contribution in [0.5, 0.6) is 11.5 Å². The first-order valence-corrected chi connectivity index (χ1v) is 11.0. The summed E-state index contributed by atoms with van der Waals surface area (Å²) in [6.07, 6.45) is 0.349. The second kappa shape index (κ2) is 10.3. The molecule has 2 aliphatic rings. The molecular formula is C21H30N4O3S. The fraction of sp³-hybridized carbons (Fsp3) is 0.619. The Morgan fingerprint density at radius 1 is 1.21 bits per heavy atom. The number of ether oxygens (including phenoxy) is 2. The van der Waals surface area contributed by atoms with E-state index in [0.717, 1.165) is 49.4 Å². The summed E-state index contributed by atoms with van der Waals surface area (Å²) in [5.41, 5.74) is 2.83. The van der Waals surface area contributed by atoms with Gasteiger partial charge < -0.3 is 19.5 Å². The quantitative estimate of drug-likeness (QED) is 0.681. The van der Waals surface area contributed by atoms with E-state index in [1.165, 1.54) is 11.8 Å². The minimum Gasteiger partial charge on any atom is -0.493 e. The van der Waals surface area contributed by atoms with Crippen LogP contribution < -0.4 is 9.47 Å². The van der Waals surface area contributed by atoms with E-state index in [1.807, 2.05) is 12.1 Å². The van der Waals surface area contributed by atoms with Crippen LogP contribution in [0.3, 0.4) is 0 Å². The number of likely N-dealkylation sites (N-methyl/N-ethyl adjacent to an activating group) is 1. The van der Waals surface area contributed by atoms with Gasteiger partial charge in [0.1, 0.15) is 5.25 Å². The number of nitrogens with zero attached hydrogens (tertiary/aromatic N) is 4. The summed E-state index contributed by atoms with van der Waals surface area (Å²) < 4.78 is 10.8. The molecule has 29 heavy (non-hydrogen) atoms. The maximum atomic E-state index is 10.5. The molecule has 3 rings (SSSR count). The van der Waals surface area contributed by atoms with Crippen LogP contribution in [0.1, 0.15) is 11.1 Å². The lowest BCUT2D eigenvalue weighted by molar-refractivity contribution is 0.0921. The first-order valence-electron chi connectivity index (χ1n) is 9.95. The van der Waals surface area contributed by atoms with Crippen molar-refractivity contribution < 1.29 is 14.6 Å². The summed E-state index contributed by atoms with van der Waals surface area (Å²) in [4.78, 5) is 9.24. The van der Waals surface area contributed by atoms with Gasteiger partial charge in [-0.1, -0.05) is 0 Å². The molecule has 0 spiro atoms. The molecule has 1 aromatic carbocycles. The lowest BCUT2D eigenvalue weighted by Gasteiger charge is -2.33. The number of methoxy groups -OCH3 is 2. The Morgan fingerprint density at radius 3 is 2.55 bits per heavy atom. The predicted molar refractivity (Wildman–Crippen MR) is 116 cm³/mol. The van der Waals surface area contributed by atoms with Crippen molar-refractivity contribution in [2.45, 2.75) is 17.8 Å². The number of piperazine rings is 1. The van der Waals surface area contributed by atoms with Crippen molar-refractivity contribution in [2.75, 3.05) is 66.3 Å². The SMILES string of the molecule is COc1cc2c(cc1OC)C(C(C#N)SCC(O)CN1CCN(C)CC1)=NCC2. The molecule has 1 saturated heterocycles. The van der Waals surface area contributed by atoms with Crippen molar-refractivity contribution in [2.24, 2.45) is 4.99 Å². The normalized spacial score (nSPS) is 19.6. The highest BCUT2D eigenvalue weighted by Crippen LogP contribution is 2.34. The van der Waals surface area contributed by atoms with Gasteiger partial charge in [-0.25, -0.2) is 0 Å². The Kier molecular flexibility index (Phi) is 7.78. The van der Waals surface area contributed by atoms with Crippen molar-refractivity contribution in [3.8, 4) is 17.6 Å². The number of aliphatic imine (C=N–C) groups is 1. The minimum atomic E-state index is -0.465. The van der Waals surface area contributed by atoms with E-state index in [-0.39, 0.29) is 0 Å². The number of nitriles is 1. The van der Waals surface area contributed by atoms with E-state index in [0.29, 0.717) is 30.3 Å². The van der Waals surface area contributed by atoms with E-state index in [1.54, 1.807) is 14.2 Å². The van der Waals surface area contributed by atoms with Gasteiger partial charge in [-0.05, 0) is 31.2 Å². The molecule has 2 aliphatic heterocycles. The lowest BCUT2D eigenvalue weighted by Crippen LogP contribution is -2.47. The van der Waals surface area contributed by atoms with Gasteiger partial charge in [0.05, 0.1) is 32.1 Å². The first-order chi connectivity index (χ1) is 14.0. The molecule has 2 unspecified atom stereocenters. The third-order valence-electron chi connectivity index (χ3n) is 5.43. The van der Waals surface area contributed by atoms with Gasteiger partial charge in [-0.3, -0.25) is 9.89 Å². The Hall–Kier alpha value is -1.79. The van der Waals surface area contributed by atoms with Crippen LogP contribution >= 0.6 is 11.8 Å². The van der Waals surface area contributed by atoms with Gasteiger partial charge in [0.2, 0.25) is 0 Å². The Balaban J connectivity index is 1.65. The summed E-state index contributed by atoms with van der Waals surface area (Å²) in [5.74, 6) is 1.83. The maximum Gasteiger partial charge on any atom is 0.161 e. The molecule has 1 aromatic rings. The van der Waals surface area contributed by atoms with Crippen LogP contribution in [0.2, 0.25) is 0 Å². The molecule has 1 fully saturated rings. The summed E-state index contributed by atoms with van der Waals surface area (Å²) in [7, 11) is 5.35. The molecule has 1 N–H and O–H groups in total. The van der Waals surface area contributed by atoms with Gasteiger partial charge in [0, 0.05) is 50.6 Å². The van der Waals surface area contributed by atoms with Crippen LogP contribution in [-0.2, 0) is 6.42 Å². The topological polar surface area (TPSA) is 81.3 Å². The summed E-state index contributed by atoms with van der Waals surface area (Å²) >= 11 is 1.46. The Morgan fingerprint density at radius 2 is 1.90 bits per heavy atom. The van der Waals surface area contributed by atoms with E-state index in [2.05, 4.69) is 27.9 Å². The van der Waals surface area contributed by atoms with Crippen molar-refractivity contribution in [1.82, 2.24) is 9.80 Å². The average molecular weight is 419 g/mol. The van der Waals surface area contributed by atoms with E-state index in [4.69, 9.17) is 9.47 Å². The van der Waals surface area contributed by atoms with E-state index < -0.39 is 11.4 Å². The fourth-order valence-corrected chi connectivity index (χ4v) is 4.69. The monoisotopic (exact) mass is 418 g/mol. The van der Waals surface area contributed by atoms with Gasteiger partial charge in [-0.2, -0.15) is 5.26 Å². The fourth-order valence-electron chi connectivity index (χ4n) is 3.74. The second-order valence-corrected chi connectivity index (χ2v) is 8.62. The van der Waals surface area contributed by atoms with Crippen LogP contribution in [0.25, 0.3) is 0 Å². The molecule has 0 saturated carbocycles. The van der Waals surface area contributed by atoms with Crippen LogP contribution in [0, 0.1) is 11.3 Å². The number of benzene rings is 1. The van der Waals surface area contributed by atoms with Crippen LogP contribution in [0.15, 0.2) is 17.1 Å². The van der Waals surface area contributed by atoms with Crippen molar-refractivity contribution in [3.63, 3.8) is 0 Å². The molecule has 0 radical (unpaired) electrons. The number of β-amino-alcohol motifs (C(OH)–C–C–N with tert-alkyl or cyclic N) is 1. The van der Waals surface area contributed by atoms with Gasteiger partial charge in [-0.15, -0.1) is 11.8 Å². The molecule has 0 aliphatic carbocycles. The van der Waals surface area contributed by atoms with Crippen LogP contribution in [-0.4, -0.2) is 98.3 Å². The summed E-state index contributed by atoms with van der Waals surface area (Å²) in [5, 5.41) is 19.9. The highest BCUT2D eigenvalue weighted by atomic mass is 32.2. The van der Waals surface area contributed by atoms with Crippen molar-refractivity contribution >= 4 is 17.5 Å². The third-order valence-corrected chi connectivity index (χ3v) is 6.67. The highest BCUT2D eigenvalue weighted by molar-refractivity contribution is 8.00. The Bertz CT molecular complexity index is 772. The zero-order chi connectivity index (χ0) is 20.8. The number of aliphatic hydroxyl groups is 1. The molecule has 2 heterocycles. The molecule has 2 atom stereocenters. The highest BCUT2D eigenvalue weighted by Gasteiger charge is 2.26. The molecule has 0 bridgehead atoms. The number of hydrogen-bond acceptors (Lipinski definition) is 8. The minimum absolute atomic E-state index is 0.422. The predicted octanol–water partition coefficient (Wildman–Crippen LogP) is 1.28. The Labute approximate surface area is 177 Å². The van der Waals surface area contributed by atoms with E-state index in [9.17, 15) is 10.4 Å². The van der Waals surface area contributed by atoms with Crippen molar-refractivity contribution in [3.05, 3.63) is 23.3 Å². The molecule has 0 aromatic heterocycles.